The molecule has 0 saturated heterocycles. The molecule has 2 fully saturated rings. The third-order valence-electron chi connectivity index (χ3n) is 10.8. The number of hydrogen-bond acceptors (Lipinski definition) is 1. The highest BCUT2D eigenvalue weighted by Gasteiger charge is 2.60. The predicted molar refractivity (Wildman–Crippen MR) is 156 cm³/mol. The zero-order valence-electron chi connectivity index (χ0n) is 24.4. The van der Waals surface area contributed by atoms with Gasteiger partial charge in [0.25, 0.3) is 0 Å². The van der Waals surface area contributed by atoms with Gasteiger partial charge in [-0.3, -0.25) is 0 Å². The number of fused-ring (bicyclic) bond motifs is 1. The molecule has 2 rings (SSSR count). The Balaban J connectivity index is 2.09. The minimum absolute atomic E-state index is 0.00252. The molecule has 0 aromatic carbocycles. The second kappa shape index (κ2) is 13.0. The van der Waals surface area contributed by atoms with Crippen molar-refractivity contribution in [1.29, 1.82) is 0 Å². The molecule has 1 nitrogen and oxygen atoms in total. The van der Waals surface area contributed by atoms with Gasteiger partial charge >= 0.3 is 0 Å². The van der Waals surface area contributed by atoms with Gasteiger partial charge in [0.2, 0.25) is 0 Å². The van der Waals surface area contributed by atoms with Gasteiger partial charge in [0.1, 0.15) is 0 Å². The molecule has 0 aromatic heterocycles. The van der Waals surface area contributed by atoms with Crippen LogP contribution in [0.25, 0.3) is 0 Å². The molecule has 35 heavy (non-hydrogen) atoms. The summed E-state index contributed by atoms with van der Waals surface area (Å²) < 4.78 is 0. The molecule has 0 aliphatic heterocycles. The van der Waals surface area contributed by atoms with E-state index in [1.807, 2.05) is 6.08 Å². The normalized spacial score (nSPS) is 31.7. The van der Waals surface area contributed by atoms with Gasteiger partial charge < -0.3 is 5.73 Å². The first-order valence-electron chi connectivity index (χ1n) is 15.0. The molecule has 2 aliphatic carbocycles. The Bertz CT molecular complexity index is 723. The van der Waals surface area contributed by atoms with Crippen LogP contribution in [0.4, 0.5) is 0 Å². The highest BCUT2D eigenvalue weighted by molar-refractivity contribution is 5.15. The third-order valence-corrected chi connectivity index (χ3v) is 10.8. The monoisotopic (exact) mass is 481 g/mol. The fourth-order valence-corrected chi connectivity index (χ4v) is 8.06. The number of rotatable bonds is 15. The molecule has 1 heteroatoms. The lowest BCUT2D eigenvalue weighted by atomic mass is 9.50. The maximum absolute atomic E-state index is 7.30. The summed E-state index contributed by atoms with van der Waals surface area (Å²) >= 11 is 0. The second-order valence-electron chi connectivity index (χ2n) is 13.8. The molecule has 6 atom stereocenters. The van der Waals surface area contributed by atoms with E-state index in [2.05, 4.69) is 60.6 Å². The van der Waals surface area contributed by atoms with E-state index in [0.717, 1.165) is 24.7 Å². The Labute approximate surface area is 220 Å². The maximum Gasteiger partial charge on any atom is 0.0211 e. The Kier molecular flexibility index (Phi) is 11.2. The maximum atomic E-state index is 7.30. The minimum Gasteiger partial charge on any atom is -0.325 e. The number of terminal acetylenes is 1. The summed E-state index contributed by atoms with van der Waals surface area (Å²) in [6, 6.07) is 0. The molecule has 6 unspecified atom stereocenters. The topological polar surface area (TPSA) is 26.0 Å². The van der Waals surface area contributed by atoms with Crippen molar-refractivity contribution in [3.05, 3.63) is 24.8 Å². The first-order valence-corrected chi connectivity index (χ1v) is 15.0. The molecule has 0 spiro atoms. The minimum atomic E-state index is -0.00252. The summed E-state index contributed by atoms with van der Waals surface area (Å²) in [6.07, 6.45) is 25.2. The molecular formula is C34H59N. The van der Waals surface area contributed by atoms with Crippen LogP contribution in [0.3, 0.4) is 0 Å². The molecule has 0 amide bonds. The summed E-state index contributed by atoms with van der Waals surface area (Å²) in [5.41, 5.74) is 9.04. The van der Waals surface area contributed by atoms with Gasteiger partial charge in [0.15, 0.2) is 0 Å². The fraction of sp³-hybridized carbons (Fsp3) is 0.824. The van der Waals surface area contributed by atoms with Crippen LogP contribution in [0.5, 0.6) is 0 Å². The number of hydrogen-bond donors (Lipinski definition) is 1. The SMILES string of the molecule is C#CCC1C(C(C)(C)CCC(CC)CCC(=C)C=C)CCC2(C)C1CCC2(N)CCCCC(C)C. The van der Waals surface area contributed by atoms with Crippen LogP contribution in [-0.2, 0) is 0 Å². The van der Waals surface area contributed by atoms with Gasteiger partial charge in [0.05, 0.1) is 0 Å². The molecular weight excluding hydrogens is 422 g/mol. The fourth-order valence-electron chi connectivity index (χ4n) is 8.06. The Morgan fingerprint density at radius 2 is 1.89 bits per heavy atom. The number of allylic oxidation sites excluding steroid dienone is 2. The molecule has 200 valence electrons. The smallest absolute Gasteiger partial charge is 0.0211 e. The van der Waals surface area contributed by atoms with E-state index in [1.165, 1.54) is 82.6 Å². The van der Waals surface area contributed by atoms with Crippen molar-refractivity contribution in [2.45, 2.75) is 137 Å². The van der Waals surface area contributed by atoms with Crippen LogP contribution in [0.1, 0.15) is 131 Å². The van der Waals surface area contributed by atoms with Gasteiger partial charge in [-0.25, -0.2) is 0 Å². The summed E-state index contributed by atoms with van der Waals surface area (Å²) in [7, 11) is 0. The van der Waals surface area contributed by atoms with E-state index in [-0.39, 0.29) is 11.0 Å². The van der Waals surface area contributed by atoms with Crippen LogP contribution >= 0.6 is 0 Å². The van der Waals surface area contributed by atoms with Crippen molar-refractivity contribution in [2.24, 2.45) is 46.2 Å². The van der Waals surface area contributed by atoms with Gasteiger partial charge in [-0.2, -0.15) is 0 Å². The Morgan fingerprint density at radius 3 is 2.49 bits per heavy atom. The van der Waals surface area contributed by atoms with Crippen LogP contribution in [0, 0.1) is 52.8 Å². The zero-order chi connectivity index (χ0) is 26.3. The molecule has 2 N–H and O–H groups in total. The van der Waals surface area contributed by atoms with Gasteiger partial charge in [-0.05, 0) is 98.2 Å². The van der Waals surface area contributed by atoms with E-state index < -0.39 is 0 Å². The lowest BCUT2D eigenvalue weighted by Gasteiger charge is -2.55. The van der Waals surface area contributed by atoms with E-state index in [0.29, 0.717) is 23.2 Å². The summed E-state index contributed by atoms with van der Waals surface area (Å²) in [5.74, 6) is 6.70. The van der Waals surface area contributed by atoms with Crippen molar-refractivity contribution >= 4 is 0 Å². The predicted octanol–water partition coefficient (Wildman–Crippen LogP) is 9.72. The van der Waals surface area contributed by atoms with Crippen LogP contribution in [-0.4, -0.2) is 5.54 Å². The van der Waals surface area contributed by atoms with Crippen molar-refractivity contribution in [2.75, 3.05) is 0 Å². The van der Waals surface area contributed by atoms with Crippen LogP contribution in [0.2, 0.25) is 0 Å². The average Bonchev–Trinajstić information content (AvgIpc) is 3.07. The quantitative estimate of drug-likeness (QED) is 0.141. The van der Waals surface area contributed by atoms with Crippen molar-refractivity contribution in [3.8, 4) is 12.3 Å². The van der Waals surface area contributed by atoms with E-state index in [9.17, 15) is 0 Å². The van der Waals surface area contributed by atoms with Gasteiger partial charge in [0, 0.05) is 12.0 Å². The highest BCUT2D eigenvalue weighted by atomic mass is 14.8. The van der Waals surface area contributed by atoms with E-state index in [1.54, 1.807) is 0 Å². The summed E-state index contributed by atoms with van der Waals surface area (Å²) in [4.78, 5) is 0. The van der Waals surface area contributed by atoms with Gasteiger partial charge in [-0.15, -0.1) is 12.3 Å². The van der Waals surface area contributed by atoms with Crippen molar-refractivity contribution < 1.29 is 0 Å². The molecule has 0 aromatic rings. The first kappa shape index (κ1) is 30.2. The molecule has 0 radical (unpaired) electrons. The Hall–Kier alpha value is -1.00. The third kappa shape index (κ3) is 7.28. The van der Waals surface area contributed by atoms with Gasteiger partial charge in [-0.1, -0.05) is 92.0 Å². The van der Waals surface area contributed by atoms with Crippen LogP contribution < -0.4 is 5.73 Å². The molecule has 0 bridgehead atoms. The lowest BCUT2D eigenvalue weighted by Crippen LogP contribution is -2.57. The zero-order valence-corrected chi connectivity index (χ0v) is 24.4. The number of unbranched alkanes of at least 4 members (excludes halogenated alkanes) is 1. The lowest BCUT2D eigenvalue weighted by molar-refractivity contribution is -0.0451. The average molecular weight is 482 g/mol. The summed E-state index contributed by atoms with van der Waals surface area (Å²) in [6.45, 7) is 22.6. The van der Waals surface area contributed by atoms with Crippen LogP contribution in [0.15, 0.2) is 24.8 Å². The number of nitrogens with two attached hydrogens (primary N) is 1. The molecule has 2 aliphatic rings. The Morgan fingerprint density at radius 1 is 1.17 bits per heavy atom. The van der Waals surface area contributed by atoms with E-state index >= 15 is 0 Å². The van der Waals surface area contributed by atoms with Crippen molar-refractivity contribution in [1.82, 2.24) is 0 Å². The van der Waals surface area contributed by atoms with Crippen molar-refractivity contribution in [3.63, 3.8) is 0 Å². The highest BCUT2D eigenvalue weighted by Crippen LogP contribution is 2.64. The van der Waals surface area contributed by atoms with E-state index in [4.69, 9.17) is 12.2 Å². The summed E-state index contributed by atoms with van der Waals surface area (Å²) in [5, 5.41) is 0. The first-order chi connectivity index (χ1) is 16.4. The molecule has 0 heterocycles. The molecule has 2 saturated carbocycles. The largest absolute Gasteiger partial charge is 0.325 e. The second-order valence-corrected chi connectivity index (χ2v) is 13.8. The standard InChI is InChI=1S/C34H59N/c1-10-15-29-30(32(7,8)23-19-28(12-3)18-17-27(6)11-2)20-24-33(9)31(29)21-25-34(33,35)22-14-13-16-26(4)5/h1,11,26,28-31H,2,6,12-25,35H2,3-5,7-9H3.